The van der Waals surface area contributed by atoms with Crippen molar-refractivity contribution in [2.75, 3.05) is 0 Å². The standard InChI is InChI=1S/C18H14N4S2.ClH/c1-2-6-14-12(5-1)9-19-17(20-14)23-11-13-10-22-16-8-4-3-7-15(16)21-18(22)24-13;/h1-8,10H,9,11H2,(H,19,20);1H. The van der Waals surface area contributed by atoms with Crippen LogP contribution in [0.3, 0.4) is 0 Å². The summed E-state index contributed by atoms with van der Waals surface area (Å²) >= 11 is 3.49. The molecule has 1 aliphatic heterocycles. The highest BCUT2D eigenvalue weighted by Crippen LogP contribution is 2.29. The summed E-state index contributed by atoms with van der Waals surface area (Å²) in [5.41, 5.74) is 4.55. The van der Waals surface area contributed by atoms with Crippen LogP contribution in [0.15, 0.2) is 59.7 Å². The SMILES string of the molecule is Cl.c1ccc2c(c1)CNC(SCc1cn3c(nc4ccccc43)s1)=N2. The number of hydrogen-bond donors (Lipinski definition) is 1. The maximum atomic E-state index is 4.70. The second-order valence-electron chi connectivity index (χ2n) is 5.64. The number of thioether (sulfide) groups is 1. The van der Waals surface area contributed by atoms with Crippen molar-refractivity contribution in [2.24, 2.45) is 4.99 Å². The fourth-order valence-electron chi connectivity index (χ4n) is 2.89. The first kappa shape index (κ1) is 16.4. The van der Waals surface area contributed by atoms with Crippen molar-refractivity contribution < 1.29 is 0 Å². The van der Waals surface area contributed by atoms with Gasteiger partial charge >= 0.3 is 0 Å². The number of fused-ring (bicyclic) bond motifs is 4. The third kappa shape index (κ3) is 3.01. The van der Waals surface area contributed by atoms with Crippen LogP contribution in [0, 0.1) is 0 Å². The molecule has 0 saturated carbocycles. The van der Waals surface area contributed by atoms with Gasteiger partial charge in [0, 0.05) is 23.4 Å². The zero-order chi connectivity index (χ0) is 15.9. The van der Waals surface area contributed by atoms with Gasteiger partial charge in [-0.15, -0.1) is 23.7 Å². The molecule has 1 aliphatic rings. The Labute approximate surface area is 159 Å². The summed E-state index contributed by atoms with van der Waals surface area (Å²) in [7, 11) is 0. The number of benzene rings is 2. The second kappa shape index (κ2) is 6.71. The smallest absolute Gasteiger partial charge is 0.194 e. The molecule has 25 heavy (non-hydrogen) atoms. The molecule has 0 fully saturated rings. The summed E-state index contributed by atoms with van der Waals surface area (Å²) in [5.74, 6) is 0.899. The van der Waals surface area contributed by atoms with Gasteiger partial charge in [0.1, 0.15) is 0 Å². The third-order valence-corrected chi connectivity index (χ3v) is 6.18. The average Bonchev–Trinajstić information content (AvgIpc) is 3.17. The van der Waals surface area contributed by atoms with E-state index in [0.29, 0.717) is 0 Å². The van der Waals surface area contributed by atoms with E-state index in [1.54, 1.807) is 23.1 Å². The Morgan fingerprint density at radius 1 is 1.12 bits per heavy atom. The number of para-hydroxylation sites is 3. The number of nitrogens with zero attached hydrogens (tertiary/aromatic N) is 3. The highest BCUT2D eigenvalue weighted by atomic mass is 35.5. The number of halogens is 1. The number of aromatic nitrogens is 2. The van der Waals surface area contributed by atoms with E-state index in [4.69, 9.17) is 4.99 Å². The maximum absolute atomic E-state index is 4.70. The fourth-order valence-corrected chi connectivity index (χ4v) is 4.77. The molecule has 0 saturated heterocycles. The van der Waals surface area contributed by atoms with E-state index in [1.165, 1.54) is 16.0 Å². The predicted octanol–water partition coefficient (Wildman–Crippen LogP) is 4.99. The van der Waals surface area contributed by atoms with Crippen LogP contribution in [-0.4, -0.2) is 14.6 Å². The van der Waals surface area contributed by atoms with Gasteiger partial charge in [-0.2, -0.15) is 0 Å². The predicted molar refractivity (Wildman–Crippen MR) is 109 cm³/mol. The minimum atomic E-state index is 0. The molecule has 2 aromatic heterocycles. The maximum Gasteiger partial charge on any atom is 0.194 e. The quantitative estimate of drug-likeness (QED) is 0.527. The number of imidazole rings is 1. The summed E-state index contributed by atoms with van der Waals surface area (Å²) in [6.45, 7) is 0.848. The molecule has 0 aliphatic carbocycles. The summed E-state index contributed by atoms with van der Waals surface area (Å²) in [5, 5.41) is 4.39. The summed E-state index contributed by atoms with van der Waals surface area (Å²) in [4.78, 5) is 11.7. The van der Waals surface area contributed by atoms with Crippen molar-refractivity contribution >= 4 is 62.4 Å². The van der Waals surface area contributed by atoms with E-state index in [1.807, 2.05) is 12.1 Å². The summed E-state index contributed by atoms with van der Waals surface area (Å²) in [6.07, 6.45) is 2.19. The van der Waals surface area contributed by atoms with Gasteiger partial charge in [-0.3, -0.25) is 4.40 Å². The highest BCUT2D eigenvalue weighted by Gasteiger charge is 2.13. The fraction of sp³-hybridized carbons (Fsp3) is 0.111. The van der Waals surface area contributed by atoms with Crippen molar-refractivity contribution in [3.63, 3.8) is 0 Å². The number of rotatable bonds is 2. The van der Waals surface area contributed by atoms with Crippen LogP contribution in [0.25, 0.3) is 16.0 Å². The summed E-state index contributed by atoms with van der Waals surface area (Å²) < 4.78 is 2.18. The van der Waals surface area contributed by atoms with Gasteiger partial charge in [0.15, 0.2) is 10.1 Å². The molecule has 2 aromatic carbocycles. The molecular formula is C18H15ClN4S2. The van der Waals surface area contributed by atoms with E-state index < -0.39 is 0 Å². The second-order valence-corrected chi connectivity index (χ2v) is 7.70. The number of aliphatic imine (C=N–C) groups is 1. The van der Waals surface area contributed by atoms with E-state index in [2.05, 4.69) is 57.3 Å². The zero-order valence-corrected chi connectivity index (χ0v) is 15.6. The van der Waals surface area contributed by atoms with Crippen LogP contribution in [0.2, 0.25) is 0 Å². The molecule has 5 rings (SSSR count). The van der Waals surface area contributed by atoms with Gasteiger partial charge < -0.3 is 5.32 Å². The normalized spacial score (nSPS) is 13.2. The first-order valence-electron chi connectivity index (χ1n) is 7.75. The van der Waals surface area contributed by atoms with Crippen LogP contribution in [-0.2, 0) is 12.3 Å². The number of thiazole rings is 1. The van der Waals surface area contributed by atoms with Crippen LogP contribution < -0.4 is 5.32 Å². The van der Waals surface area contributed by atoms with E-state index in [9.17, 15) is 0 Å². The van der Waals surface area contributed by atoms with E-state index in [-0.39, 0.29) is 12.4 Å². The molecule has 0 radical (unpaired) electrons. The molecule has 0 atom stereocenters. The first-order valence-corrected chi connectivity index (χ1v) is 9.56. The van der Waals surface area contributed by atoms with Gasteiger partial charge in [0.25, 0.3) is 0 Å². The Bertz CT molecular complexity index is 1080. The van der Waals surface area contributed by atoms with Gasteiger partial charge in [-0.1, -0.05) is 42.1 Å². The lowest BCUT2D eigenvalue weighted by Gasteiger charge is -2.16. The molecule has 4 aromatic rings. The van der Waals surface area contributed by atoms with Crippen LogP contribution in [0.5, 0.6) is 0 Å². The Morgan fingerprint density at radius 3 is 2.92 bits per heavy atom. The van der Waals surface area contributed by atoms with Crippen molar-refractivity contribution in [3.05, 3.63) is 65.2 Å². The molecule has 0 unspecified atom stereocenters. The van der Waals surface area contributed by atoms with Gasteiger partial charge in [-0.25, -0.2) is 9.98 Å². The van der Waals surface area contributed by atoms with Gasteiger partial charge in [0.05, 0.1) is 16.7 Å². The lowest BCUT2D eigenvalue weighted by Crippen LogP contribution is -2.23. The average molecular weight is 387 g/mol. The molecule has 7 heteroatoms. The first-order chi connectivity index (χ1) is 11.9. The Hall–Kier alpha value is -2.02. The Balaban J connectivity index is 0.00000157. The van der Waals surface area contributed by atoms with Crippen molar-refractivity contribution in [1.29, 1.82) is 0 Å². The molecule has 1 N–H and O–H groups in total. The minimum absolute atomic E-state index is 0. The highest BCUT2D eigenvalue weighted by molar-refractivity contribution is 8.13. The zero-order valence-electron chi connectivity index (χ0n) is 13.2. The topological polar surface area (TPSA) is 41.7 Å². The largest absolute Gasteiger partial charge is 0.360 e. The van der Waals surface area contributed by atoms with Crippen molar-refractivity contribution in [2.45, 2.75) is 12.3 Å². The lowest BCUT2D eigenvalue weighted by molar-refractivity contribution is 0.907. The molecule has 0 amide bonds. The van der Waals surface area contributed by atoms with E-state index in [0.717, 1.165) is 33.6 Å². The van der Waals surface area contributed by atoms with Gasteiger partial charge in [-0.05, 0) is 23.8 Å². The summed E-state index contributed by atoms with van der Waals surface area (Å²) in [6, 6.07) is 16.5. The van der Waals surface area contributed by atoms with Crippen molar-refractivity contribution in [3.8, 4) is 0 Å². The molecule has 126 valence electrons. The number of nitrogens with one attached hydrogen (secondary N) is 1. The molecule has 0 spiro atoms. The number of amidine groups is 1. The van der Waals surface area contributed by atoms with Crippen LogP contribution >= 0.6 is 35.5 Å². The Morgan fingerprint density at radius 2 is 1.96 bits per heavy atom. The monoisotopic (exact) mass is 386 g/mol. The molecular weight excluding hydrogens is 372 g/mol. The minimum Gasteiger partial charge on any atom is -0.360 e. The molecule has 0 bridgehead atoms. The Kier molecular flexibility index (Phi) is 4.41. The molecule has 4 nitrogen and oxygen atoms in total. The third-order valence-electron chi connectivity index (χ3n) is 4.05. The van der Waals surface area contributed by atoms with Gasteiger partial charge in [0.2, 0.25) is 0 Å². The van der Waals surface area contributed by atoms with Crippen molar-refractivity contribution in [1.82, 2.24) is 14.7 Å². The van der Waals surface area contributed by atoms with Crippen LogP contribution in [0.4, 0.5) is 5.69 Å². The lowest BCUT2D eigenvalue weighted by atomic mass is 10.1. The number of hydrogen-bond acceptors (Lipinski definition) is 5. The van der Waals surface area contributed by atoms with Crippen LogP contribution in [0.1, 0.15) is 10.4 Å². The molecule has 3 heterocycles. The van der Waals surface area contributed by atoms with E-state index >= 15 is 0 Å².